The molecule has 8 heteroatoms. The third-order valence-corrected chi connectivity index (χ3v) is 5.65. The fourth-order valence-corrected chi connectivity index (χ4v) is 3.97. The van der Waals surface area contributed by atoms with Gasteiger partial charge in [0.15, 0.2) is 4.34 Å². The van der Waals surface area contributed by atoms with Gasteiger partial charge in [0, 0.05) is 22.5 Å². The third kappa shape index (κ3) is 5.09. The van der Waals surface area contributed by atoms with Crippen molar-refractivity contribution in [1.82, 2.24) is 10.2 Å². The molecule has 1 heterocycles. The predicted octanol–water partition coefficient (Wildman–Crippen LogP) is 4.77. The summed E-state index contributed by atoms with van der Waals surface area (Å²) < 4.78 is 5.99. The van der Waals surface area contributed by atoms with E-state index in [2.05, 4.69) is 15.5 Å². The average molecular weight is 394 g/mol. The Morgan fingerprint density at radius 3 is 2.80 bits per heavy atom. The number of aliphatic hydroxyl groups is 1. The highest BCUT2D eigenvalue weighted by molar-refractivity contribution is 8.01. The van der Waals surface area contributed by atoms with Crippen molar-refractivity contribution >= 4 is 45.5 Å². The van der Waals surface area contributed by atoms with Gasteiger partial charge in [-0.1, -0.05) is 52.9 Å². The zero-order valence-electron chi connectivity index (χ0n) is 13.3. The molecule has 3 aromatic rings. The molecule has 0 bridgehead atoms. The minimum atomic E-state index is -0.582. The number of thioether (sulfide) groups is 1. The molecular weight excluding hydrogens is 378 g/mol. The molecule has 130 valence electrons. The Balaban J connectivity index is 1.57. The normalized spacial score (nSPS) is 12.0. The molecule has 25 heavy (non-hydrogen) atoms. The molecular formula is C17H16ClN3O2S2. The Labute approximate surface area is 159 Å². The molecule has 1 atom stereocenters. The molecule has 0 aliphatic rings. The summed E-state index contributed by atoms with van der Waals surface area (Å²) in [5.74, 6) is 1.27. The number of rotatable bonds is 7. The number of methoxy groups -OCH3 is 1. The zero-order valence-corrected chi connectivity index (χ0v) is 15.7. The van der Waals surface area contributed by atoms with Crippen LogP contribution >= 0.6 is 34.7 Å². The number of hydrogen-bond acceptors (Lipinski definition) is 7. The number of aromatic nitrogens is 2. The molecule has 2 aromatic carbocycles. The molecule has 2 N–H and O–H groups in total. The van der Waals surface area contributed by atoms with Crippen molar-refractivity contribution in [2.24, 2.45) is 0 Å². The topological polar surface area (TPSA) is 67.3 Å². The number of aliphatic hydroxyl groups excluding tert-OH is 1. The van der Waals surface area contributed by atoms with Gasteiger partial charge in [-0.3, -0.25) is 0 Å². The van der Waals surface area contributed by atoms with E-state index in [1.54, 1.807) is 19.2 Å². The van der Waals surface area contributed by atoms with E-state index in [0.717, 1.165) is 21.3 Å². The molecule has 3 rings (SSSR count). The van der Waals surface area contributed by atoms with Crippen LogP contribution in [0.1, 0.15) is 11.7 Å². The van der Waals surface area contributed by atoms with Crippen molar-refractivity contribution in [3.05, 3.63) is 59.1 Å². The van der Waals surface area contributed by atoms with Gasteiger partial charge in [-0.05, 0) is 29.8 Å². The molecule has 0 saturated carbocycles. The van der Waals surface area contributed by atoms with Crippen molar-refractivity contribution in [3.8, 4) is 5.75 Å². The average Bonchev–Trinajstić information content (AvgIpc) is 3.08. The van der Waals surface area contributed by atoms with E-state index in [4.69, 9.17) is 16.3 Å². The van der Waals surface area contributed by atoms with Gasteiger partial charge in [-0.25, -0.2) is 0 Å². The third-order valence-electron chi connectivity index (χ3n) is 3.35. The van der Waals surface area contributed by atoms with E-state index in [0.29, 0.717) is 15.9 Å². The van der Waals surface area contributed by atoms with Crippen LogP contribution in [-0.4, -0.2) is 28.2 Å². The van der Waals surface area contributed by atoms with Crippen LogP contribution in [-0.2, 0) is 0 Å². The molecule has 0 spiro atoms. The van der Waals surface area contributed by atoms with Crippen LogP contribution in [0.2, 0.25) is 5.02 Å². The lowest BCUT2D eigenvalue weighted by atomic mass is 10.1. The monoisotopic (exact) mass is 393 g/mol. The maximum Gasteiger partial charge on any atom is 0.210 e. The molecule has 0 radical (unpaired) electrons. The van der Waals surface area contributed by atoms with Gasteiger partial charge in [-0.15, -0.1) is 10.2 Å². The number of halogens is 1. The summed E-state index contributed by atoms with van der Waals surface area (Å²) in [6.07, 6.45) is -0.582. The summed E-state index contributed by atoms with van der Waals surface area (Å²) in [5.41, 5.74) is 1.71. The largest absolute Gasteiger partial charge is 0.497 e. The first kappa shape index (κ1) is 18.0. The fraction of sp³-hybridized carbons (Fsp3) is 0.176. The second-order valence-corrected chi connectivity index (χ2v) is 7.79. The Bertz CT molecular complexity index is 827. The van der Waals surface area contributed by atoms with Gasteiger partial charge in [0.1, 0.15) is 5.75 Å². The van der Waals surface area contributed by atoms with Crippen molar-refractivity contribution in [2.75, 3.05) is 18.2 Å². The molecule has 0 aliphatic carbocycles. The minimum Gasteiger partial charge on any atom is -0.497 e. The Hall–Kier alpha value is -1.80. The summed E-state index contributed by atoms with van der Waals surface area (Å²) in [6.45, 7) is 0. The van der Waals surface area contributed by atoms with Crippen molar-refractivity contribution in [2.45, 2.75) is 10.4 Å². The second-order valence-electron chi connectivity index (χ2n) is 5.11. The lowest BCUT2D eigenvalue weighted by Crippen LogP contribution is -1.99. The SMILES string of the molecule is COc1cccc(Nc2nnc(SC[C@H](O)c3ccc(Cl)cc3)s2)c1. The maximum absolute atomic E-state index is 10.2. The number of benzene rings is 2. The van der Waals surface area contributed by atoms with Crippen LogP contribution in [0.15, 0.2) is 52.9 Å². The maximum atomic E-state index is 10.2. The van der Waals surface area contributed by atoms with Crippen molar-refractivity contribution in [1.29, 1.82) is 0 Å². The Morgan fingerprint density at radius 1 is 1.24 bits per heavy atom. The van der Waals surface area contributed by atoms with E-state index in [-0.39, 0.29) is 0 Å². The number of nitrogens with one attached hydrogen (secondary N) is 1. The first-order valence-corrected chi connectivity index (χ1v) is 9.63. The van der Waals surface area contributed by atoms with E-state index >= 15 is 0 Å². The summed E-state index contributed by atoms with van der Waals surface area (Å²) in [7, 11) is 1.63. The highest BCUT2D eigenvalue weighted by Crippen LogP contribution is 2.31. The lowest BCUT2D eigenvalue weighted by molar-refractivity contribution is 0.204. The van der Waals surface area contributed by atoms with Crippen molar-refractivity contribution in [3.63, 3.8) is 0 Å². The van der Waals surface area contributed by atoms with Gasteiger partial charge < -0.3 is 15.2 Å². The van der Waals surface area contributed by atoms with Crippen LogP contribution in [0.3, 0.4) is 0 Å². The van der Waals surface area contributed by atoms with Crippen molar-refractivity contribution < 1.29 is 9.84 Å². The summed E-state index contributed by atoms with van der Waals surface area (Å²) >= 11 is 8.76. The quantitative estimate of drug-likeness (QED) is 0.563. The highest BCUT2D eigenvalue weighted by Gasteiger charge is 2.11. The number of nitrogens with zero attached hydrogens (tertiary/aromatic N) is 2. The van der Waals surface area contributed by atoms with Gasteiger partial charge in [0.05, 0.1) is 13.2 Å². The predicted molar refractivity (Wildman–Crippen MR) is 103 cm³/mol. The fourth-order valence-electron chi connectivity index (χ4n) is 2.07. The molecule has 0 unspecified atom stereocenters. The number of hydrogen-bond donors (Lipinski definition) is 2. The van der Waals surface area contributed by atoms with Gasteiger partial charge in [0.25, 0.3) is 0 Å². The van der Waals surface area contributed by atoms with Crippen LogP contribution in [0.4, 0.5) is 10.8 Å². The smallest absolute Gasteiger partial charge is 0.210 e. The molecule has 5 nitrogen and oxygen atoms in total. The minimum absolute atomic E-state index is 0.495. The number of anilines is 2. The molecule has 0 aliphatic heterocycles. The molecule has 0 saturated heterocycles. The number of ether oxygens (including phenoxy) is 1. The second kappa shape index (κ2) is 8.53. The van der Waals surface area contributed by atoms with Gasteiger partial charge in [0.2, 0.25) is 5.13 Å². The molecule has 1 aromatic heterocycles. The Kier molecular flexibility index (Phi) is 6.14. The summed E-state index contributed by atoms with van der Waals surface area (Å²) in [5, 5.41) is 23.0. The van der Waals surface area contributed by atoms with Crippen LogP contribution in [0, 0.1) is 0 Å². The van der Waals surface area contributed by atoms with Gasteiger partial charge >= 0.3 is 0 Å². The van der Waals surface area contributed by atoms with E-state index < -0.39 is 6.10 Å². The van der Waals surface area contributed by atoms with E-state index in [9.17, 15) is 5.11 Å². The summed E-state index contributed by atoms with van der Waals surface area (Å²) in [6, 6.07) is 14.8. The van der Waals surface area contributed by atoms with Gasteiger partial charge in [-0.2, -0.15) is 0 Å². The molecule has 0 amide bonds. The molecule has 0 fully saturated rings. The van der Waals surface area contributed by atoms with Crippen LogP contribution < -0.4 is 10.1 Å². The highest BCUT2D eigenvalue weighted by atomic mass is 35.5. The van der Waals surface area contributed by atoms with Crippen LogP contribution in [0.5, 0.6) is 5.75 Å². The zero-order chi connectivity index (χ0) is 17.6. The van der Waals surface area contributed by atoms with Crippen LogP contribution in [0.25, 0.3) is 0 Å². The first-order valence-electron chi connectivity index (χ1n) is 7.45. The Morgan fingerprint density at radius 2 is 2.04 bits per heavy atom. The standard InChI is InChI=1S/C17H16ClN3O2S2/c1-23-14-4-2-3-13(9-14)19-16-20-21-17(25-16)24-10-15(22)11-5-7-12(18)8-6-11/h2-9,15,22H,10H2,1H3,(H,19,20)/t15-/m0/s1. The summed E-state index contributed by atoms with van der Waals surface area (Å²) in [4.78, 5) is 0. The van der Waals surface area contributed by atoms with E-state index in [1.165, 1.54) is 23.1 Å². The first-order chi connectivity index (χ1) is 12.1. The van der Waals surface area contributed by atoms with E-state index in [1.807, 2.05) is 36.4 Å². The lowest BCUT2D eigenvalue weighted by Gasteiger charge is -2.09.